The molecule has 0 unspecified atom stereocenters. The quantitative estimate of drug-likeness (QED) is 0.0741. The van der Waals surface area contributed by atoms with Gasteiger partial charge in [-0.1, -0.05) is 275 Å². The Bertz CT molecular complexity index is 4620. The fourth-order valence-electron chi connectivity index (χ4n) is 11.9. The number of hydrogen-bond donors (Lipinski definition) is 3. The topological polar surface area (TPSA) is 99.4 Å². The zero-order valence-corrected chi connectivity index (χ0v) is 50.4. The van der Waals surface area contributed by atoms with Crippen LogP contribution in [0.3, 0.4) is 0 Å². The van der Waals surface area contributed by atoms with Crippen molar-refractivity contribution < 1.29 is 35.4 Å². The number of benzene rings is 11. The molecule has 0 aliphatic rings. The molecule has 6 nitrogen and oxygen atoms in total. The Labute approximate surface area is 531 Å². The summed E-state index contributed by atoms with van der Waals surface area (Å²) < 4.78 is 0. The largest absolute Gasteiger partial charge is 3.00 e. The van der Waals surface area contributed by atoms with E-state index in [4.69, 9.17) is 15.0 Å². The van der Waals surface area contributed by atoms with Crippen LogP contribution in [0.25, 0.3) is 145 Å². The van der Waals surface area contributed by atoms with E-state index in [2.05, 4.69) is 194 Å². The summed E-state index contributed by atoms with van der Waals surface area (Å²) in [6.45, 7) is 0. The van der Waals surface area contributed by atoms with E-state index in [1.54, 1.807) is 6.20 Å². The summed E-state index contributed by atoms with van der Waals surface area (Å²) >= 11 is 0. The normalized spacial score (nSPS) is 11.2. The van der Waals surface area contributed by atoms with Gasteiger partial charge in [0.15, 0.2) is 0 Å². The maximum atomic E-state index is 10.8. The van der Waals surface area contributed by atoms with Gasteiger partial charge in [-0.3, -0.25) is 0 Å². The number of rotatable bonds is 14. The molecule has 3 aromatic heterocycles. The van der Waals surface area contributed by atoms with Gasteiger partial charge in [0.05, 0.1) is 0 Å². The van der Waals surface area contributed by atoms with E-state index >= 15 is 0 Å². The van der Waals surface area contributed by atoms with Gasteiger partial charge in [0.1, 0.15) is 0 Å². The van der Waals surface area contributed by atoms with Crippen molar-refractivity contribution in [3.05, 3.63) is 334 Å². The van der Waals surface area contributed by atoms with E-state index in [1.165, 1.54) is 6.07 Å². The average molecular weight is 1320 g/mol. The molecule has 0 saturated carbocycles. The van der Waals surface area contributed by atoms with Gasteiger partial charge in [-0.15, -0.1) is 71.3 Å². The molecule has 0 fully saturated rings. The van der Waals surface area contributed by atoms with Gasteiger partial charge in [0, 0.05) is 29.7 Å². The molecule has 424 valence electrons. The van der Waals surface area contributed by atoms with Gasteiger partial charge < -0.3 is 30.3 Å². The molecule has 0 radical (unpaired) electrons. The molecule has 0 bridgehead atoms. The molecule has 0 aliphatic heterocycles. The van der Waals surface area contributed by atoms with Crippen molar-refractivity contribution >= 4 is 0 Å². The van der Waals surface area contributed by atoms with Crippen LogP contribution in [-0.4, -0.2) is 30.3 Å². The van der Waals surface area contributed by atoms with E-state index in [-0.39, 0.29) is 25.7 Å². The van der Waals surface area contributed by atoms with Gasteiger partial charge >= 0.3 is 26.1 Å². The van der Waals surface area contributed by atoms with Crippen molar-refractivity contribution in [1.29, 1.82) is 0 Å². The molecule has 7 heteroatoms. The Morgan fingerprint density at radius 2 is 0.551 bits per heavy atom. The molecular formula is C82H54IrN3O3. The van der Waals surface area contributed by atoms with Crippen LogP contribution in [0.2, 0.25) is 0 Å². The minimum atomic E-state index is -3.14. The van der Waals surface area contributed by atoms with Crippen LogP contribution in [0, 0.1) is 18.2 Å². The first kappa shape index (κ1) is 57.5. The number of pyridine rings is 3. The molecule has 14 aromatic rings. The third kappa shape index (κ3) is 11.9. The number of aliphatic hydroxyl groups is 3. The first-order chi connectivity index (χ1) is 43.3. The van der Waals surface area contributed by atoms with Crippen LogP contribution in [0.5, 0.6) is 0 Å². The van der Waals surface area contributed by atoms with Crippen molar-refractivity contribution in [1.82, 2.24) is 15.0 Å². The number of nitrogens with zero attached hydrogens (tertiary/aromatic N) is 3. The third-order valence-corrected chi connectivity index (χ3v) is 16.1. The molecule has 14 rings (SSSR count). The van der Waals surface area contributed by atoms with Crippen LogP contribution in [0.15, 0.2) is 310 Å². The second kappa shape index (κ2) is 25.4. The molecule has 3 N–H and O–H groups in total. The summed E-state index contributed by atoms with van der Waals surface area (Å²) in [5.41, 5.74) is 23.8. The zero-order chi connectivity index (χ0) is 59.4. The van der Waals surface area contributed by atoms with Crippen molar-refractivity contribution in [2.45, 2.75) is 5.97 Å². The molecule has 0 spiro atoms. The van der Waals surface area contributed by atoms with E-state index in [9.17, 15) is 15.3 Å². The molecule has 11 aromatic carbocycles. The van der Waals surface area contributed by atoms with E-state index in [0.29, 0.717) is 22.4 Å². The molecule has 0 aliphatic carbocycles. The van der Waals surface area contributed by atoms with Crippen LogP contribution < -0.4 is 0 Å². The standard InChI is InChI=1S/C82H54N3O3.Ir/c86-82(87,88)78-53-81(85-54-77(78)58-29-11-4-12-30-58)61-41-44-73(76(52-61)57-27-9-3-10-28-57)70-36-18-15-33-67(70)64-48-62(65-31-13-16-34-68(65)71-42-39-59(79-37-19-21-45-83-79)50-74(71)55-23-5-1-6-24-55)47-63(49-64)66-32-14-17-35-69(66)72-43-40-60(80-38-20-22-46-84-80)51-75(72)56-25-7-2-8-26-56;/h1-38,42-54,86-88H;/q-3;+3. The van der Waals surface area contributed by atoms with E-state index in [0.717, 1.165) is 123 Å². The van der Waals surface area contributed by atoms with Crippen LogP contribution >= 0.6 is 0 Å². The molecule has 89 heavy (non-hydrogen) atoms. The molecule has 0 atom stereocenters. The van der Waals surface area contributed by atoms with Gasteiger partial charge in [-0.25, -0.2) is 0 Å². The smallest absolute Gasteiger partial charge is 0.340 e. The Hall–Kier alpha value is -10.6. The van der Waals surface area contributed by atoms with Gasteiger partial charge in [-0.05, 0) is 103 Å². The zero-order valence-electron chi connectivity index (χ0n) is 48.0. The maximum Gasteiger partial charge on any atom is 3.00 e. The second-order valence-corrected chi connectivity index (χ2v) is 21.6. The Balaban J connectivity index is 0.00000729. The maximum absolute atomic E-state index is 10.8. The first-order valence-corrected chi connectivity index (χ1v) is 29.1. The summed E-state index contributed by atoms with van der Waals surface area (Å²) in [5.74, 6) is -3.14. The molecule has 3 heterocycles. The summed E-state index contributed by atoms with van der Waals surface area (Å²) in [5, 5.41) is 32.3. The fourth-order valence-corrected chi connectivity index (χ4v) is 11.9. The molecule has 0 saturated heterocycles. The van der Waals surface area contributed by atoms with Gasteiger partial charge in [0.25, 0.3) is 0 Å². The molecule has 0 amide bonds. The summed E-state index contributed by atoms with van der Waals surface area (Å²) in [4.78, 5) is 14.3. The van der Waals surface area contributed by atoms with Crippen molar-refractivity contribution in [2.75, 3.05) is 0 Å². The Morgan fingerprint density at radius 3 is 0.876 bits per heavy atom. The predicted molar refractivity (Wildman–Crippen MR) is 355 cm³/mol. The first-order valence-electron chi connectivity index (χ1n) is 29.1. The van der Waals surface area contributed by atoms with Crippen molar-refractivity contribution in [3.8, 4) is 145 Å². The Morgan fingerprint density at radius 1 is 0.247 bits per heavy atom. The second-order valence-electron chi connectivity index (χ2n) is 21.6. The number of hydrogen-bond acceptors (Lipinski definition) is 6. The van der Waals surface area contributed by atoms with Crippen LogP contribution in [-0.2, 0) is 26.1 Å². The minimum absolute atomic E-state index is 0. The summed E-state index contributed by atoms with van der Waals surface area (Å²) in [6, 6.07) is 110. The minimum Gasteiger partial charge on any atom is -0.340 e. The van der Waals surface area contributed by atoms with E-state index < -0.39 is 5.97 Å². The summed E-state index contributed by atoms with van der Waals surface area (Å²) in [6.07, 6.45) is 5.20. The predicted octanol–water partition coefficient (Wildman–Crippen LogP) is 19.0. The Kier molecular flexibility index (Phi) is 16.4. The van der Waals surface area contributed by atoms with Crippen molar-refractivity contribution in [2.24, 2.45) is 0 Å². The fraction of sp³-hybridized carbons (Fsp3) is 0.0122. The monoisotopic (exact) mass is 1320 g/mol. The van der Waals surface area contributed by atoms with Crippen LogP contribution in [0.4, 0.5) is 0 Å². The van der Waals surface area contributed by atoms with Crippen molar-refractivity contribution in [3.63, 3.8) is 0 Å². The summed E-state index contributed by atoms with van der Waals surface area (Å²) in [7, 11) is 0. The SMILES string of the molecule is OC(O)(O)c1cc(-c2[c-]cc(-c3ccccc3-c3cc(-c4ccccc4-c4c[c-]c(-c5ccccn5)cc4-c4ccccc4)cc(-c4ccccc4-c4c[c-]c(-c5ccccn5)cc4-c4ccccc4)c3)c(-c3ccccc3)c2)ncc1-c1ccccc1.[Ir+3]. The van der Waals surface area contributed by atoms with Gasteiger partial charge in [-0.2, -0.15) is 0 Å². The third-order valence-electron chi connectivity index (χ3n) is 16.1. The van der Waals surface area contributed by atoms with Gasteiger partial charge in [0.2, 0.25) is 0 Å². The van der Waals surface area contributed by atoms with Crippen LogP contribution in [0.1, 0.15) is 5.56 Å². The average Bonchev–Trinajstić information content (AvgIpc) is 2.45. The molecular weight excluding hydrogens is 1270 g/mol. The van der Waals surface area contributed by atoms with E-state index in [1.807, 2.05) is 122 Å². The number of aromatic nitrogens is 3.